The number of carbonyl (C=O) groups excluding carboxylic acids is 2. The summed E-state index contributed by atoms with van der Waals surface area (Å²) in [4.78, 5) is 32.5. The standard InChI is InChI=1S/C23H31ClFN5O2/c1-13-10-14(24)11-15(17(13)25)20-27-18(16-12-29(6)8-7-9-30(16)20)21(31)28-19(22(32)26-5)23(2,3)4/h10-11,19H,7-9,12H2,1-6H3,(H,26,32)(H,28,31)/t19-/m1/s1. The van der Waals surface area contributed by atoms with Crippen molar-refractivity contribution in [1.29, 1.82) is 0 Å². The fourth-order valence-electron chi connectivity index (χ4n) is 4.02. The Labute approximate surface area is 193 Å². The number of halogens is 2. The van der Waals surface area contributed by atoms with Gasteiger partial charge in [0, 0.05) is 25.2 Å². The molecule has 7 nitrogen and oxygen atoms in total. The van der Waals surface area contributed by atoms with E-state index in [2.05, 4.69) is 20.5 Å². The fourth-order valence-corrected chi connectivity index (χ4v) is 4.29. The van der Waals surface area contributed by atoms with Crippen molar-refractivity contribution in [2.75, 3.05) is 20.6 Å². The van der Waals surface area contributed by atoms with Crippen molar-refractivity contribution in [2.24, 2.45) is 5.41 Å². The van der Waals surface area contributed by atoms with Crippen molar-refractivity contribution in [1.82, 2.24) is 25.1 Å². The van der Waals surface area contributed by atoms with Crippen molar-refractivity contribution in [3.8, 4) is 11.4 Å². The van der Waals surface area contributed by atoms with Crippen LogP contribution in [0.25, 0.3) is 11.4 Å². The Morgan fingerprint density at radius 1 is 1.25 bits per heavy atom. The van der Waals surface area contributed by atoms with E-state index in [4.69, 9.17) is 11.6 Å². The van der Waals surface area contributed by atoms with Crippen LogP contribution in [0.2, 0.25) is 5.02 Å². The third-order valence-electron chi connectivity index (χ3n) is 5.74. The highest BCUT2D eigenvalue weighted by atomic mass is 35.5. The molecule has 9 heteroatoms. The number of likely N-dealkylation sites (N-methyl/N-ethyl adjacent to an activating group) is 1. The van der Waals surface area contributed by atoms with Crippen LogP contribution in [-0.4, -0.2) is 52.9 Å². The monoisotopic (exact) mass is 463 g/mol. The number of aryl methyl sites for hydroxylation is 1. The first-order valence-corrected chi connectivity index (χ1v) is 11.1. The zero-order valence-corrected chi connectivity index (χ0v) is 20.2. The number of nitrogens with zero attached hydrogens (tertiary/aromatic N) is 3. The number of benzene rings is 1. The Hall–Kier alpha value is -2.45. The average Bonchev–Trinajstić information content (AvgIpc) is 2.93. The Morgan fingerprint density at radius 3 is 2.56 bits per heavy atom. The Morgan fingerprint density at radius 2 is 1.94 bits per heavy atom. The van der Waals surface area contributed by atoms with Crippen molar-refractivity contribution in [3.05, 3.63) is 39.9 Å². The van der Waals surface area contributed by atoms with Gasteiger partial charge in [-0.1, -0.05) is 32.4 Å². The van der Waals surface area contributed by atoms with Crippen LogP contribution in [0.5, 0.6) is 0 Å². The second-order valence-electron chi connectivity index (χ2n) is 9.44. The van der Waals surface area contributed by atoms with Crippen molar-refractivity contribution >= 4 is 23.4 Å². The molecule has 0 saturated heterocycles. The molecule has 2 aromatic rings. The molecule has 1 aromatic carbocycles. The third kappa shape index (κ3) is 4.81. The summed E-state index contributed by atoms with van der Waals surface area (Å²) in [5.41, 5.74) is 1.05. The molecule has 1 aliphatic rings. The lowest BCUT2D eigenvalue weighted by Gasteiger charge is -2.29. The summed E-state index contributed by atoms with van der Waals surface area (Å²) >= 11 is 6.21. The summed E-state index contributed by atoms with van der Waals surface area (Å²) < 4.78 is 17.0. The summed E-state index contributed by atoms with van der Waals surface area (Å²) in [6, 6.07) is 2.35. The van der Waals surface area contributed by atoms with E-state index < -0.39 is 23.2 Å². The maximum absolute atomic E-state index is 15.1. The van der Waals surface area contributed by atoms with Crippen molar-refractivity contribution < 1.29 is 14.0 Å². The molecule has 2 amide bonds. The summed E-state index contributed by atoms with van der Waals surface area (Å²) in [5.74, 6) is -0.788. The van der Waals surface area contributed by atoms with Crippen LogP contribution in [0.15, 0.2) is 12.1 Å². The lowest BCUT2D eigenvalue weighted by molar-refractivity contribution is -0.124. The van der Waals surface area contributed by atoms with E-state index in [0.29, 0.717) is 35.2 Å². The molecule has 32 heavy (non-hydrogen) atoms. The SMILES string of the molecule is CNC(=O)[C@@H](NC(=O)c1nc(-c2cc(Cl)cc(C)c2F)n2c1CN(C)CCC2)C(C)(C)C. The van der Waals surface area contributed by atoms with Gasteiger partial charge in [0.05, 0.1) is 11.3 Å². The predicted octanol–water partition coefficient (Wildman–Crippen LogP) is 3.38. The van der Waals surface area contributed by atoms with Gasteiger partial charge in [0.1, 0.15) is 17.7 Å². The number of hydrogen-bond donors (Lipinski definition) is 2. The molecule has 0 aliphatic carbocycles. The lowest BCUT2D eigenvalue weighted by Crippen LogP contribution is -2.53. The molecule has 0 fully saturated rings. The van der Waals surface area contributed by atoms with Gasteiger partial charge in [-0.2, -0.15) is 0 Å². The topological polar surface area (TPSA) is 79.3 Å². The van der Waals surface area contributed by atoms with Gasteiger partial charge >= 0.3 is 0 Å². The zero-order valence-electron chi connectivity index (χ0n) is 19.5. The van der Waals surface area contributed by atoms with E-state index >= 15 is 4.39 Å². The highest BCUT2D eigenvalue weighted by molar-refractivity contribution is 6.31. The van der Waals surface area contributed by atoms with Crippen LogP contribution in [0.1, 0.15) is 48.9 Å². The van der Waals surface area contributed by atoms with Crippen LogP contribution >= 0.6 is 11.6 Å². The number of fused-ring (bicyclic) bond motifs is 1. The molecule has 0 radical (unpaired) electrons. The lowest BCUT2D eigenvalue weighted by atomic mass is 9.86. The van der Waals surface area contributed by atoms with Crippen LogP contribution < -0.4 is 10.6 Å². The minimum atomic E-state index is -0.755. The molecule has 0 unspecified atom stereocenters. The highest BCUT2D eigenvalue weighted by Crippen LogP contribution is 2.32. The van der Waals surface area contributed by atoms with Crippen LogP contribution in [0.3, 0.4) is 0 Å². The van der Waals surface area contributed by atoms with Gasteiger partial charge in [-0.3, -0.25) is 9.59 Å². The smallest absolute Gasteiger partial charge is 0.272 e. The van der Waals surface area contributed by atoms with Gasteiger partial charge in [-0.05, 0) is 50.0 Å². The first-order valence-electron chi connectivity index (χ1n) is 10.7. The molecular formula is C23H31ClFN5O2. The highest BCUT2D eigenvalue weighted by Gasteiger charge is 2.35. The number of nitrogens with one attached hydrogen (secondary N) is 2. The van der Waals surface area contributed by atoms with Crippen LogP contribution in [0, 0.1) is 18.2 Å². The van der Waals surface area contributed by atoms with Crippen molar-refractivity contribution in [2.45, 2.75) is 53.2 Å². The number of hydrogen-bond acceptors (Lipinski definition) is 4. The van der Waals surface area contributed by atoms with Gasteiger partial charge in [0.2, 0.25) is 5.91 Å². The van der Waals surface area contributed by atoms with E-state index in [1.165, 1.54) is 13.1 Å². The normalized spacial score (nSPS) is 15.6. The van der Waals surface area contributed by atoms with E-state index in [-0.39, 0.29) is 17.2 Å². The van der Waals surface area contributed by atoms with Gasteiger partial charge < -0.3 is 20.1 Å². The minimum absolute atomic E-state index is 0.198. The maximum atomic E-state index is 15.1. The Bertz CT molecular complexity index is 1040. The molecule has 2 N–H and O–H groups in total. The summed E-state index contributed by atoms with van der Waals surface area (Å²) in [5, 5.41) is 5.86. The molecule has 0 spiro atoms. The molecule has 0 saturated carbocycles. The molecule has 2 heterocycles. The first kappa shape index (κ1) is 24.2. The number of imidazole rings is 1. The van der Waals surface area contributed by atoms with Crippen LogP contribution in [0.4, 0.5) is 4.39 Å². The average molecular weight is 464 g/mol. The number of carbonyl (C=O) groups is 2. The molecule has 174 valence electrons. The first-order chi connectivity index (χ1) is 14.9. The maximum Gasteiger partial charge on any atom is 0.272 e. The quantitative estimate of drug-likeness (QED) is 0.728. The van der Waals surface area contributed by atoms with Crippen LogP contribution in [-0.2, 0) is 17.9 Å². The largest absolute Gasteiger partial charge is 0.357 e. The molecule has 0 bridgehead atoms. The number of aromatic nitrogens is 2. The summed E-state index contributed by atoms with van der Waals surface area (Å²) in [6.45, 7) is 9.20. The van der Waals surface area contributed by atoms with E-state index in [9.17, 15) is 9.59 Å². The fraction of sp³-hybridized carbons (Fsp3) is 0.522. The second-order valence-corrected chi connectivity index (χ2v) is 9.88. The van der Waals surface area contributed by atoms with E-state index in [1.54, 1.807) is 13.0 Å². The molecular weight excluding hydrogens is 433 g/mol. The Kier molecular flexibility index (Phi) is 6.95. The van der Waals surface area contributed by atoms with Gasteiger partial charge in [-0.25, -0.2) is 9.37 Å². The van der Waals surface area contributed by atoms with E-state index in [0.717, 1.165) is 13.0 Å². The molecule has 1 aromatic heterocycles. The third-order valence-corrected chi connectivity index (χ3v) is 5.96. The second kappa shape index (κ2) is 9.19. The van der Waals surface area contributed by atoms with Gasteiger partial charge in [0.15, 0.2) is 5.69 Å². The number of rotatable bonds is 4. The van der Waals surface area contributed by atoms with Gasteiger partial charge in [0.25, 0.3) is 5.91 Å². The van der Waals surface area contributed by atoms with Crippen molar-refractivity contribution in [3.63, 3.8) is 0 Å². The zero-order chi connectivity index (χ0) is 23.8. The predicted molar refractivity (Wildman–Crippen MR) is 123 cm³/mol. The summed E-state index contributed by atoms with van der Waals surface area (Å²) in [7, 11) is 3.50. The van der Waals surface area contributed by atoms with E-state index in [1.807, 2.05) is 32.4 Å². The summed E-state index contributed by atoms with van der Waals surface area (Å²) in [6.07, 6.45) is 0.831. The minimum Gasteiger partial charge on any atom is -0.357 e. The number of amides is 2. The van der Waals surface area contributed by atoms with Gasteiger partial charge in [-0.15, -0.1) is 0 Å². The Balaban J connectivity index is 2.13. The molecule has 1 atom stereocenters. The molecule has 3 rings (SSSR count). The molecule has 1 aliphatic heterocycles.